The van der Waals surface area contributed by atoms with Crippen LogP contribution in [0.2, 0.25) is 5.02 Å². The molecule has 0 saturated carbocycles. The van der Waals surface area contributed by atoms with Crippen LogP contribution in [0.5, 0.6) is 5.75 Å². The summed E-state index contributed by atoms with van der Waals surface area (Å²) in [5, 5.41) is 10.2. The summed E-state index contributed by atoms with van der Waals surface area (Å²) in [7, 11) is 1.64. The molecule has 32 heavy (non-hydrogen) atoms. The lowest BCUT2D eigenvalue weighted by Crippen LogP contribution is -2.48. The van der Waals surface area contributed by atoms with E-state index in [9.17, 15) is 4.79 Å². The topological polar surface area (TPSA) is 60.2 Å². The van der Waals surface area contributed by atoms with E-state index in [4.69, 9.17) is 16.3 Å². The van der Waals surface area contributed by atoms with E-state index >= 15 is 0 Å². The Hall–Kier alpha value is -2.51. The number of carbonyl (C=O) groups is 1. The largest absolute Gasteiger partial charge is 0.497 e. The predicted molar refractivity (Wildman–Crippen MR) is 129 cm³/mol. The maximum atomic E-state index is 13.1. The number of likely N-dealkylation sites (tertiary alicyclic amines) is 1. The van der Waals surface area contributed by atoms with E-state index in [1.165, 1.54) is 18.2 Å². The van der Waals surface area contributed by atoms with Crippen molar-refractivity contribution in [2.24, 2.45) is 0 Å². The SMILES string of the molecule is COc1ccc(-n2c(SCC(=O)N3C(C)CCCC3C)nnc2-c2ccc(Cl)cc2)cc1. The van der Waals surface area contributed by atoms with Crippen LogP contribution in [-0.4, -0.2) is 50.5 Å². The van der Waals surface area contributed by atoms with Crippen molar-refractivity contribution in [2.75, 3.05) is 12.9 Å². The van der Waals surface area contributed by atoms with Gasteiger partial charge in [-0.2, -0.15) is 0 Å². The van der Waals surface area contributed by atoms with Gasteiger partial charge in [-0.1, -0.05) is 23.4 Å². The molecule has 8 heteroatoms. The third-order valence-electron chi connectivity index (χ3n) is 5.87. The summed E-state index contributed by atoms with van der Waals surface area (Å²) < 4.78 is 7.28. The van der Waals surface area contributed by atoms with Gasteiger partial charge in [0.05, 0.1) is 12.9 Å². The van der Waals surface area contributed by atoms with Crippen LogP contribution >= 0.6 is 23.4 Å². The number of nitrogens with zero attached hydrogens (tertiary/aromatic N) is 4. The van der Waals surface area contributed by atoms with Gasteiger partial charge in [-0.3, -0.25) is 9.36 Å². The van der Waals surface area contributed by atoms with Gasteiger partial charge in [0, 0.05) is 28.4 Å². The number of amides is 1. The average Bonchev–Trinajstić information content (AvgIpc) is 3.22. The lowest BCUT2D eigenvalue weighted by atomic mass is 9.98. The zero-order valence-corrected chi connectivity index (χ0v) is 20.1. The monoisotopic (exact) mass is 470 g/mol. The number of piperidine rings is 1. The maximum absolute atomic E-state index is 13.1. The number of halogens is 1. The first-order valence-corrected chi connectivity index (χ1v) is 12.1. The molecule has 6 nitrogen and oxygen atoms in total. The van der Waals surface area contributed by atoms with Gasteiger partial charge in [-0.25, -0.2) is 0 Å². The molecule has 1 aromatic heterocycles. The Labute approximate surface area is 197 Å². The Balaban J connectivity index is 1.64. The number of ether oxygens (including phenoxy) is 1. The highest BCUT2D eigenvalue weighted by Gasteiger charge is 2.29. The van der Waals surface area contributed by atoms with Crippen molar-refractivity contribution < 1.29 is 9.53 Å². The van der Waals surface area contributed by atoms with Crippen LogP contribution in [0.4, 0.5) is 0 Å². The highest BCUT2D eigenvalue weighted by molar-refractivity contribution is 7.99. The van der Waals surface area contributed by atoms with E-state index in [2.05, 4.69) is 24.0 Å². The minimum absolute atomic E-state index is 0.145. The molecule has 2 aromatic carbocycles. The fraction of sp³-hybridized carbons (Fsp3) is 0.375. The number of aromatic nitrogens is 3. The summed E-state index contributed by atoms with van der Waals surface area (Å²) in [5.74, 6) is 1.93. The van der Waals surface area contributed by atoms with Crippen LogP contribution < -0.4 is 4.74 Å². The quantitative estimate of drug-likeness (QED) is 0.446. The van der Waals surface area contributed by atoms with E-state index in [0.29, 0.717) is 21.8 Å². The van der Waals surface area contributed by atoms with Gasteiger partial charge in [-0.05, 0) is 81.6 Å². The second-order valence-corrected chi connectivity index (χ2v) is 9.44. The first-order chi connectivity index (χ1) is 15.5. The smallest absolute Gasteiger partial charge is 0.233 e. The van der Waals surface area contributed by atoms with E-state index in [1.54, 1.807) is 7.11 Å². The number of methoxy groups -OCH3 is 1. The van der Waals surface area contributed by atoms with Gasteiger partial charge < -0.3 is 9.64 Å². The molecule has 0 bridgehead atoms. The van der Waals surface area contributed by atoms with Crippen molar-refractivity contribution in [1.29, 1.82) is 0 Å². The van der Waals surface area contributed by atoms with Crippen LogP contribution in [-0.2, 0) is 4.79 Å². The Morgan fingerprint density at radius 3 is 2.34 bits per heavy atom. The predicted octanol–water partition coefficient (Wildman–Crippen LogP) is 5.48. The van der Waals surface area contributed by atoms with Crippen molar-refractivity contribution in [3.8, 4) is 22.8 Å². The molecule has 1 aliphatic heterocycles. The van der Waals surface area contributed by atoms with Crippen LogP contribution in [0, 0.1) is 0 Å². The molecule has 0 radical (unpaired) electrons. The minimum atomic E-state index is 0.145. The molecule has 2 heterocycles. The highest BCUT2D eigenvalue weighted by atomic mass is 35.5. The second-order valence-electron chi connectivity index (χ2n) is 8.07. The summed E-state index contributed by atoms with van der Waals surface area (Å²) in [4.78, 5) is 15.1. The van der Waals surface area contributed by atoms with Crippen molar-refractivity contribution in [1.82, 2.24) is 19.7 Å². The number of rotatable bonds is 6. The number of hydrogen-bond donors (Lipinski definition) is 0. The van der Waals surface area contributed by atoms with Crippen molar-refractivity contribution in [3.63, 3.8) is 0 Å². The van der Waals surface area contributed by atoms with Crippen molar-refractivity contribution >= 4 is 29.3 Å². The lowest BCUT2D eigenvalue weighted by Gasteiger charge is -2.39. The Morgan fingerprint density at radius 2 is 1.72 bits per heavy atom. The van der Waals surface area contributed by atoms with Gasteiger partial charge in [-0.15, -0.1) is 10.2 Å². The fourth-order valence-electron chi connectivity index (χ4n) is 4.23. The summed E-state index contributed by atoms with van der Waals surface area (Å²) >= 11 is 7.49. The first kappa shape index (κ1) is 22.7. The summed E-state index contributed by atoms with van der Waals surface area (Å²) in [6, 6.07) is 15.8. The van der Waals surface area contributed by atoms with Crippen molar-refractivity contribution in [3.05, 3.63) is 53.6 Å². The molecule has 2 atom stereocenters. The van der Waals surface area contributed by atoms with Crippen LogP contribution in [0.3, 0.4) is 0 Å². The van der Waals surface area contributed by atoms with Gasteiger partial charge in [0.25, 0.3) is 0 Å². The molecule has 4 rings (SSSR count). The molecule has 0 N–H and O–H groups in total. The van der Waals surface area contributed by atoms with Crippen LogP contribution in [0.1, 0.15) is 33.1 Å². The summed E-state index contributed by atoms with van der Waals surface area (Å²) in [5.41, 5.74) is 1.80. The third-order valence-corrected chi connectivity index (χ3v) is 7.04. The maximum Gasteiger partial charge on any atom is 0.233 e. The van der Waals surface area contributed by atoms with Crippen molar-refractivity contribution in [2.45, 2.75) is 50.4 Å². The number of benzene rings is 2. The fourth-order valence-corrected chi connectivity index (χ4v) is 5.17. The molecular formula is C24H27ClN4O2S. The lowest BCUT2D eigenvalue weighted by molar-refractivity contribution is -0.134. The molecule has 0 spiro atoms. The number of thioether (sulfide) groups is 1. The molecule has 168 valence electrons. The second kappa shape index (κ2) is 9.96. The third kappa shape index (κ3) is 4.79. The Morgan fingerprint density at radius 1 is 1.06 bits per heavy atom. The molecule has 1 aliphatic rings. The highest BCUT2D eigenvalue weighted by Crippen LogP contribution is 2.31. The number of hydrogen-bond acceptors (Lipinski definition) is 5. The Kier molecular flexibility index (Phi) is 7.06. The molecule has 3 aromatic rings. The molecule has 0 aliphatic carbocycles. The first-order valence-electron chi connectivity index (χ1n) is 10.8. The van der Waals surface area contributed by atoms with E-state index in [-0.39, 0.29) is 18.0 Å². The molecule has 2 unspecified atom stereocenters. The zero-order chi connectivity index (χ0) is 22.7. The van der Waals surface area contributed by atoms with Gasteiger partial charge in [0.1, 0.15) is 5.75 Å². The molecule has 1 fully saturated rings. The van der Waals surface area contributed by atoms with E-state index in [0.717, 1.165) is 29.8 Å². The van der Waals surface area contributed by atoms with Gasteiger partial charge >= 0.3 is 0 Å². The summed E-state index contributed by atoms with van der Waals surface area (Å²) in [6.45, 7) is 4.27. The van der Waals surface area contributed by atoms with Crippen LogP contribution in [0.25, 0.3) is 17.1 Å². The standard InChI is InChI=1S/C24H27ClN4O2S/c1-16-5-4-6-17(2)28(16)22(30)15-32-24-27-26-23(18-7-9-19(25)10-8-18)29(24)20-11-13-21(31-3)14-12-20/h7-14,16-17H,4-6,15H2,1-3H3. The van der Waals surface area contributed by atoms with Gasteiger partial charge in [0.15, 0.2) is 11.0 Å². The van der Waals surface area contributed by atoms with Crippen LogP contribution in [0.15, 0.2) is 53.7 Å². The number of carbonyl (C=O) groups excluding carboxylic acids is 1. The van der Waals surface area contributed by atoms with Gasteiger partial charge in [0.2, 0.25) is 5.91 Å². The zero-order valence-electron chi connectivity index (χ0n) is 18.5. The molecular weight excluding hydrogens is 444 g/mol. The Bertz CT molecular complexity index is 1060. The molecule has 1 amide bonds. The molecule has 1 saturated heterocycles. The van der Waals surface area contributed by atoms with E-state index in [1.807, 2.05) is 58.0 Å². The van der Waals surface area contributed by atoms with E-state index < -0.39 is 0 Å². The average molecular weight is 471 g/mol. The summed E-state index contributed by atoms with van der Waals surface area (Å²) in [6.07, 6.45) is 3.29. The minimum Gasteiger partial charge on any atom is -0.497 e. The normalized spacial score (nSPS) is 18.6.